The van der Waals surface area contributed by atoms with Gasteiger partial charge in [0.1, 0.15) is 5.82 Å². The highest BCUT2D eigenvalue weighted by atomic mass is 35.5. The molecule has 174 valence electrons. The molecule has 0 aliphatic heterocycles. The molecule has 0 aromatic heterocycles. The number of aliphatic imine (C=N–C) groups is 1. The van der Waals surface area contributed by atoms with Gasteiger partial charge in [0.15, 0.2) is 6.10 Å². The summed E-state index contributed by atoms with van der Waals surface area (Å²) in [6.45, 7) is 6.18. The molecule has 0 aliphatic carbocycles. The number of halogens is 4. The van der Waals surface area contributed by atoms with Crippen LogP contribution < -0.4 is 10.6 Å². The van der Waals surface area contributed by atoms with Crippen LogP contribution in [-0.4, -0.2) is 24.2 Å². The molecule has 2 N–H and O–H groups in total. The van der Waals surface area contributed by atoms with Crippen molar-refractivity contribution < 1.29 is 27.5 Å². The van der Waals surface area contributed by atoms with Gasteiger partial charge >= 0.3 is 12.1 Å². The quantitative estimate of drug-likeness (QED) is 0.437. The number of carbonyl (C=O) groups is 2. The lowest BCUT2D eigenvalue weighted by atomic mass is 10.1. The smallest absolute Gasteiger partial charge is 0.416 e. The Balaban J connectivity index is 2.35. The summed E-state index contributed by atoms with van der Waals surface area (Å²) in [6.07, 6.45) is -3.05. The van der Waals surface area contributed by atoms with Crippen molar-refractivity contribution in [3.63, 3.8) is 0 Å². The first-order valence-electron chi connectivity index (χ1n) is 9.53. The van der Waals surface area contributed by atoms with Crippen molar-refractivity contribution in [2.75, 3.05) is 4.90 Å². The summed E-state index contributed by atoms with van der Waals surface area (Å²) >= 11 is 5.94. The zero-order valence-electron chi connectivity index (χ0n) is 17.8. The van der Waals surface area contributed by atoms with Crippen LogP contribution in [0.1, 0.15) is 25.0 Å². The fourth-order valence-electron chi connectivity index (χ4n) is 2.71. The minimum Gasteiger partial charge on any atom is -0.453 e. The number of nitrogens with two attached hydrogens (primary N) is 1. The Morgan fingerprint density at radius 3 is 2.39 bits per heavy atom. The molecule has 0 fully saturated rings. The number of alkyl halides is 3. The largest absolute Gasteiger partial charge is 0.453 e. The molecule has 6 nitrogen and oxygen atoms in total. The van der Waals surface area contributed by atoms with Crippen LogP contribution in [-0.2, 0) is 20.5 Å². The van der Waals surface area contributed by atoms with E-state index in [1.165, 1.54) is 19.2 Å². The van der Waals surface area contributed by atoms with Crippen molar-refractivity contribution in [1.82, 2.24) is 0 Å². The molecule has 0 spiro atoms. The van der Waals surface area contributed by atoms with Gasteiger partial charge in [0.2, 0.25) is 0 Å². The van der Waals surface area contributed by atoms with Gasteiger partial charge in [-0.1, -0.05) is 30.3 Å². The molecule has 0 bridgehead atoms. The second kappa shape index (κ2) is 10.8. The second-order valence-electron chi connectivity index (χ2n) is 6.80. The molecular formula is C23H21ClF3N3O3. The van der Waals surface area contributed by atoms with Crippen LogP contribution in [0.4, 0.5) is 18.9 Å². The molecule has 0 aliphatic rings. The fourth-order valence-corrected chi connectivity index (χ4v) is 2.90. The van der Waals surface area contributed by atoms with Gasteiger partial charge in [-0.05, 0) is 55.0 Å². The first kappa shape index (κ1) is 25.7. The summed E-state index contributed by atoms with van der Waals surface area (Å²) in [5.41, 5.74) is 6.13. The van der Waals surface area contributed by atoms with E-state index in [1.54, 1.807) is 24.3 Å². The number of anilines is 1. The highest BCUT2D eigenvalue weighted by Crippen LogP contribution is 2.31. The number of hydrogen-bond acceptors (Lipinski definition) is 5. The molecule has 1 amide bonds. The van der Waals surface area contributed by atoms with Crippen LogP contribution in [0.25, 0.3) is 5.70 Å². The Morgan fingerprint density at radius 1 is 1.21 bits per heavy atom. The van der Waals surface area contributed by atoms with Crippen LogP contribution in [0.5, 0.6) is 0 Å². The van der Waals surface area contributed by atoms with Gasteiger partial charge < -0.3 is 10.5 Å². The van der Waals surface area contributed by atoms with Crippen LogP contribution in [0.2, 0.25) is 5.02 Å². The second-order valence-corrected chi connectivity index (χ2v) is 7.23. The third-order valence-electron chi connectivity index (χ3n) is 4.26. The number of hydrogen-bond donors (Lipinski definition) is 1. The average molecular weight is 480 g/mol. The first-order valence-corrected chi connectivity index (χ1v) is 9.91. The number of amides is 1. The van der Waals surface area contributed by atoms with E-state index in [0.29, 0.717) is 16.3 Å². The van der Waals surface area contributed by atoms with Gasteiger partial charge in [-0.3, -0.25) is 14.5 Å². The van der Waals surface area contributed by atoms with Gasteiger partial charge in [0.05, 0.1) is 11.3 Å². The van der Waals surface area contributed by atoms with Gasteiger partial charge in [-0.2, -0.15) is 13.2 Å². The number of allylic oxidation sites excluding steroid dienone is 1. The Labute approximate surface area is 193 Å². The van der Waals surface area contributed by atoms with E-state index in [-0.39, 0.29) is 11.5 Å². The van der Waals surface area contributed by atoms with Gasteiger partial charge in [-0.25, -0.2) is 4.99 Å². The third-order valence-corrected chi connectivity index (χ3v) is 4.49. The van der Waals surface area contributed by atoms with Gasteiger partial charge in [-0.15, -0.1) is 0 Å². The minimum atomic E-state index is -4.55. The molecule has 0 heterocycles. The summed E-state index contributed by atoms with van der Waals surface area (Å²) in [5, 5.41) is 0.490. The summed E-state index contributed by atoms with van der Waals surface area (Å²) in [6, 6.07) is 10.6. The molecule has 0 radical (unpaired) electrons. The molecule has 33 heavy (non-hydrogen) atoms. The van der Waals surface area contributed by atoms with Crippen LogP contribution in [0, 0.1) is 0 Å². The molecule has 0 saturated heterocycles. The fraction of sp³-hybridized carbons (Fsp3) is 0.174. The Morgan fingerprint density at radius 2 is 1.85 bits per heavy atom. The topological polar surface area (TPSA) is 85.0 Å². The molecule has 1 unspecified atom stereocenters. The van der Waals surface area contributed by atoms with Crippen molar-refractivity contribution in [1.29, 1.82) is 0 Å². The zero-order chi connectivity index (χ0) is 24.8. The van der Waals surface area contributed by atoms with Crippen molar-refractivity contribution in [3.05, 3.63) is 83.2 Å². The summed E-state index contributed by atoms with van der Waals surface area (Å²) in [5.74, 6) is -1.58. The van der Waals surface area contributed by atoms with E-state index in [4.69, 9.17) is 22.1 Å². The lowest BCUT2D eigenvalue weighted by molar-refractivity contribution is -0.151. The van der Waals surface area contributed by atoms with E-state index in [0.717, 1.165) is 36.1 Å². The van der Waals surface area contributed by atoms with E-state index in [9.17, 15) is 22.8 Å². The molecule has 10 heteroatoms. The number of ether oxygens (including phenoxy) is 1. The zero-order valence-corrected chi connectivity index (χ0v) is 18.5. The van der Waals surface area contributed by atoms with Crippen molar-refractivity contribution in [3.8, 4) is 0 Å². The Hall–Kier alpha value is -3.59. The monoisotopic (exact) mass is 479 g/mol. The number of esters is 1. The highest BCUT2D eigenvalue weighted by Gasteiger charge is 2.31. The van der Waals surface area contributed by atoms with Crippen LogP contribution in [0.15, 0.2) is 72.0 Å². The van der Waals surface area contributed by atoms with Crippen LogP contribution in [0.3, 0.4) is 0 Å². The summed E-state index contributed by atoms with van der Waals surface area (Å²) in [7, 11) is 0. The maximum atomic E-state index is 12.9. The third kappa shape index (κ3) is 7.21. The molecule has 2 aromatic carbocycles. The van der Waals surface area contributed by atoms with E-state index in [1.807, 2.05) is 0 Å². The molecular weight excluding hydrogens is 459 g/mol. The lowest BCUT2D eigenvalue weighted by Gasteiger charge is -2.25. The molecule has 2 aromatic rings. The normalized spacial score (nSPS) is 13.0. The van der Waals surface area contributed by atoms with E-state index >= 15 is 0 Å². The molecule has 0 saturated carbocycles. The Kier molecular flexibility index (Phi) is 8.42. The number of nitrogens with zero attached hydrogens (tertiary/aromatic N) is 2. The molecule has 2 rings (SSSR count). The molecule has 1 atom stereocenters. The predicted molar refractivity (Wildman–Crippen MR) is 121 cm³/mol. The highest BCUT2D eigenvalue weighted by molar-refractivity contribution is 6.30. The SMILES string of the molecule is C=C(/N=C\C=C(/N)c1cccc(Cl)c1)N(C(=O)C(C)OC(C)=O)c1ccc(C(F)(F)F)cc1. The standard InChI is InChI=1S/C23H21ClF3N3O3/c1-14(33-16(3)31)22(32)30(20-9-7-18(8-10-20)23(25,26)27)15(2)29-12-11-21(28)17-5-4-6-19(24)13-17/h4-14H,2,28H2,1,3H3/b21-11-,29-12-. The van der Waals surface area contributed by atoms with Gasteiger partial charge in [0, 0.05) is 23.9 Å². The van der Waals surface area contributed by atoms with Crippen molar-refractivity contribution in [2.24, 2.45) is 10.7 Å². The average Bonchev–Trinajstić information content (AvgIpc) is 2.73. The maximum Gasteiger partial charge on any atom is 0.416 e. The number of carbonyl (C=O) groups excluding carboxylic acids is 2. The van der Waals surface area contributed by atoms with Crippen LogP contribution >= 0.6 is 11.6 Å². The predicted octanol–water partition coefficient (Wildman–Crippen LogP) is 5.19. The number of rotatable bonds is 7. The summed E-state index contributed by atoms with van der Waals surface area (Å²) < 4.78 is 43.6. The maximum absolute atomic E-state index is 12.9. The Bertz CT molecular complexity index is 1100. The summed E-state index contributed by atoms with van der Waals surface area (Å²) in [4.78, 5) is 29.2. The van der Waals surface area contributed by atoms with E-state index in [2.05, 4.69) is 11.6 Å². The van der Waals surface area contributed by atoms with Crippen molar-refractivity contribution >= 4 is 41.1 Å². The van der Waals surface area contributed by atoms with Gasteiger partial charge in [0.25, 0.3) is 5.91 Å². The lowest BCUT2D eigenvalue weighted by Crippen LogP contribution is -2.38. The minimum absolute atomic E-state index is 0.0564. The first-order chi connectivity index (χ1) is 15.4. The number of benzene rings is 2. The van der Waals surface area contributed by atoms with E-state index < -0.39 is 29.7 Å². The van der Waals surface area contributed by atoms with Crippen molar-refractivity contribution in [2.45, 2.75) is 26.1 Å².